The number of carbonyl (C=O) groups is 2. The van der Waals surface area contributed by atoms with Crippen LogP contribution in [-0.4, -0.2) is 22.8 Å². The molecule has 0 aliphatic heterocycles. The Morgan fingerprint density at radius 2 is 1.89 bits per heavy atom. The highest BCUT2D eigenvalue weighted by molar-refractivity contribution is 5.95. The minimum atomic E-state index is -0.0629. The maximum atomic E-state index is 12.5. The highest BCUT2D eigenvalue weighted by Crippen LogP contribution is 2.21. The molecule has 1 heterocycles. The standard InChI is InChI=1S/C23H27N3O2/c1-16(19-6-4-3-5-7-19)26-23(28)21-11-9-20(10-12-21)22-13-8-18(15-25-22)14-24-17(2)27/h6,8-13,15-16H,3-5,7,14H2,1-2H3,(H,24,27)(H,26,28)/t16-/m1/s1. The van der Waals surface area contributed by atoms with Crippen molar-refractivity contribution in [2.24, 2.45) is 0 Å². The average Bonchev–Trinajstić information content (AvgIpc) is 2.73. The first-order valence-corrected chi connectivity index (χ1v) is 9.82. The van der Waals surface area contributed by atoms with Gasteiger partial charge in [0.1, 0.15) is 0 Å². The van der Waals surface area contributed by atoms with Crippen LogP contribution in [0.15, 0.2) is 54.2 Å². The smallest absolute Gasteiger partial charge is 0.251 e. The second-order valence-corrected chi connectivity index (χ2v) is 7.26. The molecule has 1 aromatic heterocycles. The van der Waals surface area contributed by atoms with Gasteiger partial charge in [-0.3, -0.25) is 14.6 Å². The number of nitrogens with one attached hydrogen (secondary N) is 2. The fourth-order valence-corrected chi connectivity index (χ4v) is 3.35. The number of carbonyl (C=O) groups excluding carboxylic acids is 2. The van der Waals surface area contributed by atoms with Crippen LogP contribution in [0.25, 0.3) is 11.3 Å². The van der Waals surface area contributed by atoms with Gasteiger partial charge in [-0.05, 0) is 56.4 Å². The number of hydrogen-bond donors (Lipinski definition) is 2. The van der Waals surface area contributed by atoms with E-state index in [9.17, 15) is 9.59 Å². The molecule has 0 unspecified atom stereocenters. The molecule has 0 saturated heterocycles. The molecular weight excluding hydrogens is 350 g/mol. The summed E-state index contributed by atoms with van der Waals surface area (Å²) in [7, 11) is 0. The molecule has 2 aromatic rings. The summed E-state index contributed by atoms with van der Waals surface area (Å²) >= 11 is 0. The number of aromatic nitrogens is 1. The molecule has 1 aliphatic rings. The van der Waals surface area contributed by atoms with E-state index in [1.54, 1.807) is 6.20 Å². The van der Waals surface area contributed by atoms with Gasteiger partial charge in [-0.1, -0.05) is 29.8 Å². The van der Waals surface area contributed by atoms with Gasteiger partial charge in [0.05, 0.1) is 5.69 Å². The van der Waals surface area contributed by atoms with E-state index >= 15 is 0 Å². The van der Waals surface area contributed by atoms with Crippen molar-refractivity contribution >= 4 is 11.8 Å². The lowest BCUT2D eigenvalue weighted by atomic mass is 9.94. The molecule has 2 N–H and O–H groups in total. The van der Waals surface area contributed by atoms with E-state index in [1.165, 1.54) is 25.3 Å². The van der Waals surface area contributed by atoms with Crippen LogP contribution in [0.4, 0.5) is 0 Å². The number of amides is 2. The lowest BCUT2D eigenvalue weighted by Crippen LogP contribution is -2.34. The first-order chi connectivity index (χ1) is 13.5. The van der Waals surface area contributed by atoms with Gasteiger partial charge in [0.15, 0.2) is 0 Å². The molecule has 1 aromatic carbocycles. The lowest BCUT2D eigenvalue weighted by Gasteiger charge is -2.21. The molecule has 1 aliphatic carbocycles. The second-order valence-electron chi connectivity index (χ2n) is 7.26. The highest BCUT2D eigenvalue weighted by Gasteiger charge is 2.15. The van der Waals surface area contributed by atoms with E-state index in [0.717, 1.165) is 29.7 Å². The van der Waals surface area contributed by atoms with Crippen molar-refractivity contribution in [1.82, 2.24) is 15.6 Å². The zero-order chi connectivity index (χ0) is 19.9. The van der Waals surface area contributed by atoms with Crippen LogP contribution < -0.4 is 10.6 Å². The third-order valence-corrected chi connectivity index (χ3v) is 5.04. The predicted octanol–water partition coefficient (Wildman–Crippen LogP) is 4.00. The maximum absolute atomic E-state index is 12.5. The van der Waals surface area contributed by atoms with Gasteiger partial charge in [-0.15, -0.1) is 0 Å². The number of nitrogens with zero attached hydrogens (tertiary/aromatic N) is 1. The molecule has 5 heteroatoms. The lowest BCUT2D eigenvalue weighted by molar-refractivity contribution is -0.119. The highest BCUT2D eigenvalue weighted by atomic mass is 16.2. The number of hydrogen-bond acceptors (Lipinski definition) is 3. The van der Waals surface area contributed by atoms with Gasteiger partial charge in [-0.2, -0.15) is 0 Å². The van der Waals surface area contributed by atoms with E-state index in [-0.39, 0.29) is 17.9 Å². The Bertz CT molecular complexity index is 854. The molecule has 3 rings (SSSR count). The van der Waals surface area contributed by atoms with E-state index in [0.29, 0.717) is 12.1 Å². The fraction of sp³-hybridized carbons (Fsp3) is 0.348. The number of allylic oxidation sites excluding steroid dienone is 1. The Hall–Kier alpha value is -2.95. The normalized spacial score (nSPS) is 14.7. The van der Waals surface area contributed by atoms with Gasteiger partial charge in [0.25, 0.3) is 5.91 Å². The van der Waals surface area contributed by atoms with E-state index in [2.05, 4.69) is 28.6 Å². The predicted molar refractivity (Wildman–Crippen MR) is 111 cm³/mol. The maximum Gasteiger partial charge on any atom is 0.251 e. The summed E-state index contributed by atoms with van der Waals surface area (Å²) in [6.45, 7) is 4.01. The van der Waals surface area contributed by atoms with Crippen molar-refractivity contribution in [3.63, 3.8) is 0 Å². The van der Waals surface area contributed by atoms with Crippen molar-refractivity contribution in [2.75, 3.05) is 0 Å². The SMILES string of the molecule is CC(=O)NCc1ccc(-c2ccc(C(=O)N[C@H](C)C3=CCCCC3)cc2)nc1. The monoisotopic (exact) mass is 377 g/mol. The van der Waals surface area contributed by atoms with Crippen molar-refractivity contribution in [3.05, 3.63) is 65.4 Å². The molecule has 0 fully saturated rings. The third-order valence-electron chi connectivity index (χ3n) is 5.04. The Balaban J connectivity index is 1.61. The Morgan fingerprint density at radius 1 is 1.11 bits per heavy atom. The van der Waals surface area contributed by atoms with Crippen LogP contribution in [0.1, 0.15) is 55.5 Å². The Kier molecular flexibility index (Phi) is 6.58. The molecule has 1 atom stereocenters. The molecular formula is C23H27N3O2. The van der Waals surface area contributed by atoms with Crippen LogP contribution in [0.5, 0.6) is 0 Å². The summed E-state index contributed by atoms with van der Waals surface area (Å²) in [5.41, 5.74) is 4.71. The van der Waals surface area contributed by atoms with Crippen LogP contribution in [0.3, 0.4) is 0 Å². The largest absolute Gasteiger partial charge is 0.352 e. The number of benzene rings is 1. The van der Waals surface area contributed by atoms with Crippen LogP contribution in [-0.2, 0) is 11.3 Å². The van der Waals surface area contributed by atoms with Crippen LogP contribution in [0.2, 0.25) is 0 Å². The first kappa shape index (κ1) is 19.8. The Morgan fingerprint density at radius 3 is 2.50 bits per heavy atom. The quantitative estimate of drug-likeness (QED) is 0.748. The average molecular weight is 377 g/mol. The van der Waals surface area contributed by atoms with Crippen LogP contribution >= 0.6 is 0 Å². The summed E-state index contributed by atoms with van der Waals surface area (Å²) in [4.78, 5) is 28.0. The third kappa shape index (κ3) is 5.28. The zero-order valence-electron chi connectivity index (χ0n) is 16.5. The molecule has 146 valence electrons. The van der Waals surface area contributed by atoms with Crippen molar-refractivity contribution in [3.8, 4) is 11.3 Å². The van der Waals surface area contributed by atoms with Crippen LogP contribution in [0, 0.1) is 0 Å². The summed E-state index contributed by atoms with van der Waals surface area (Å²) in [6, 6.07) is 11.4. The number of pyridine rings is 1. The molecule has 0 bridgehead atoms. The van der Waals surface area contributed by atoms with Crippen molar-refractivity contribution < 1.29 is 9.59 Å². The van der Waals surface area contributed by atoms with Gasteiger partial charge in [-0.25, -0.2) is 0 Å². The van der Waals surface area contributed by atoms with E-state index < -0.39 is 0 Å². The minimum Gasteiger partial charge on any atom is -0.352 e. The van der Waals surface area contributed by atoms with Gasteiger partial charge < -0.3 is 10.6 Å². The minimum absolute atomic E-state index is 0.0517. The molecule has 5 nitrogen and oxygen atoms in total. The van der Waals surface area contributed by atoms with E-state index in [4.69, 9.17) is 0 Å². The fourth-order valence-electron chi connectivity index (χ4n) is 3.35. The summed E-state index contributed by atoms with van der Waals surface area (Å²) in [5.74, 6) is -0.115. The Labute approximate surface area is 166 Å². The van der Waals surface area contributed by atoms with E-state index in [1.807, 2.05) is 36.4 Å². The van der Waals surface area contributed by atoms with Gasteiger partial charge >= 0.3 is 0 Å². The van der Waals surface area contributed by atoms with Crippen molar-refractivity contribution in [1.29, 1.82) is 0 Å². The molecule has 0 saturated carbocycles. The first-order valence-electron chi connectivity index (χ1n) is 9.82. The zero-order valence-corrected chi connectivity index (χ0v) is 16.5. The van der Waals surface area contributed by atoms with Gasteiger partial charge in [0, 0.05) is 36.8 Å². The number of rotatable bonds is 6. The molecule has 0 spiro atoms. The topological polar surface area (TPSA) is 71.1 Å². The summed E-state index contributed by atoms with van der Waals surface area (Å²) in [5, 5.41) is 5.85. The molecule has 2 amide bonds. The molecule has 28 heavy (non-hydrogen) atoms. The summed E-state index contributed by atoms with van der Waals surface area (Å²) in [6.07, 6.45) is 8.65. The summed E-state index contributed by atoms with van der Waals surface area (Å²) < 4.78 is 0. The molecule has 0 radical (unpaired) electrons. The van der Waals surface area contributed by atoms with Crippen molar-refractivity contribution in [2.45, 2.75) is 52.1 Å². The van der Waals surface area contributed by atoms with Gasteiger partial charge in [0.2, 0.25) is 5.91 Å². The second kappa shape index (κ2) is 9.31.